The van der Waals surface area contributed by atoms with Crippen LogP contribution < -0.4 is 0 Å². The molecule has 0 saturated heterocycles. The van der Waals surface area contributed by atoms with Crippen LogP contribution in [-0.4, -0.2) is 4.98 Å². The van der Waals surface area contributed by atoms with Gasteiger partial charge in [0.15, 0.2) is 0 Å². The van der Waals surface area contributed by atoms with Gasteiger partial charge in [0.25, 0.3) is 0 Å². The van der Waals surface area contributed by atoms with Crippen molar-refractivity contribution in [1.29, 1.82) is 0 Å². The summed E-state index contributed by atoms with van der Waals surface area (Å²) in [7, 11) is 0. The Morgan fingerprint density at radius 2 is 1.53 bits per heavy atom. The third-order valence-corrected chi connectivity index (χ3v) is 3.46. The Morgan fingerprint density at radius 1 is 0.895 bits per heavy atom. The molecule has 0 fully saturated rings. The Kier molecular flexibility index (Phi) is 3.75. The lowest BCUT2D eigenvalue weighted by Gasteiger charge is -2.19. The zero-order valence-electron chi connectivity index (χ0n) is 12.6. The maximum atomic E-state index is 4.42. The average molecular weight is 253 g/mol. The molecule has 1 heteroatoms. The van der Waals surface area contributed by atoms with Gasteiger partial charge in [0.05, 0.1) is 0 Å². The van der Waals surface area contributed by atoms with E-state index < -0.39 is 0 Å². The van der Waals surface area contributed by atoms with Gasteiger partial charge in [-0.1, -0.05) is 58.9 Å². The lowest BCUT2D eigenvalue weighted by molar-refractivity contribution is 0.590. The zero-order valence-corrected chi connectivity index (χ0v) is 12.6. The monoisotopic (exact) mass is 253 g/mol. The third-order valence-electron chi connectivity index (χ3n) is 3.46. The molecule has 1 nitrogen and oxygen atoms in total. The van der Waals surface area contributed by atoms with E-state index >= 15 is 0 Å². The van der Waals surface area contributed by atoms with Gasteiger partial charge in [-0.15, -0.1) is 0 Å². The highest BCUT2D eigenvalue weighted by molar-refractivity contribution is 5.64. The summed E-state index contributed by atoms with van der Waals surface area (Å²) >= 11 is 0. The summed E-state index contributed by atoms with van der Waals surface area (Å²) in [6, 6.07) is 13.1. The minimum absolute atomic E-state index is 0.208. The van der Waals surface area contributed by atoms with E-state index in [1.807, 2.05) is 6.20 Å². The molecule has 0 radical (unpaired) electrons. The molecule has 1 aromatic heterocycles. The first kappa shape index (κ1) is 13.8. The van der Waals surface area contributed by atoms with Crippen molar-refractivity contribution < 1.29 is 0 Å². The van der Waals surface area contributed by atoms with Crippen LogP contribution in [0.4, 0.5) is 0 Å². The predicted molar refractivity (Wildman–Crippen MR) is 82.5 cm³/mol. The molecule has 1 aromatic carbocycles. The summed E-state index contributed by atoms with van der Waals surface area (Å²) in [5, 5.41) is 0. The summed E-state index contributed by atoms with van der Waals surface area (Å²) in [5.41, 5.74) is 5.24. The maximum Gasteiger partial charge on any atom is 0.0435 e. The summed E-state index contributed by atoms with van der Waals surface area (Å²) in [5.74, 6) is 0.466. The van der Waals surface area contributed by atoms with Crippen LogP contribution in [0.3, 0.4) is 0 Å². The van der Waals surface area contributed by atoms with E-state index in [1.165, 1.54) is 16.7 Å². The van der Waals surface area contributed by atoms with Crippen LogP contribution in [-0.2, 0) is 5.41 Å². The van der Waals surface area contributed by atoms with E-state index in [2.05, 4.69) is 76.0 Å². The van der Waals surface area contributed by atoms with Crippen LogP contribution >= 0.6 is 0 Å². The minimum atomic E-state index is 0.208. The molecule has 0 aliphatic rings. The Morgan fingerprint density at radius 3 is 2.05 bits per heavy atom. The highest BCUT2D eigenvalue weighted by Gasteiger charge is 2.13. The Hall–Kier alpha value is -1.63. The second kappa shape index (κ2) is 5.16. The summed E-state index contributed by atoms with van der Waals surface area (Å²) in [6.07, 6.45) is 1.91. The van der Waals surface area contributed by atoms with Gasteiger partial charge in [-0.25, -0.2) is 0 Å². The lowest BCUT2D eigenvalue weighted by Crippen LogP contribution is -2.10. The predicted octanol–water partition coefficient (Wildman–Crippen LogP) is 5.17. The largest absolute Gasteiger partial charge is 0.261 e. The van der Waals surface area contributed by atoms with Crippen LogP contribution in [0.25, 0.3) is 11.1 Å². The van der Waals surface area contributed by atoms with Gasteiger partial charge in [-0.3, -0.25) is 4.98 Å². The molecule has 0 saturated carbocycles. The standard InChI is InChI=1S/C18H23N/c1-13(2)17-12-15(10-11-19-17)14-6-8-16(9-7-14)18(3,4)5/h6-13H,1-5H3. The molecule has 2 rings (SSSR count). The molecule has 0 aliphatic heterocycles. The normalized spacial score (nSPS) is 11.9. The first-order chi connectivity index (χ1) is 8.88. The van der Waals surface area contributed by atoms with Crippen molar-refractivity contribution >= 4 is 0 Å². The quantitative estimate of drug-likeness (QED) is 0.719. The number of hydrogen-bond acceptors (Lipinski definition) is 1. The van der Waals surface area contributed by atoms with Crippen LogP contribution in [0.1, 0.15) is 51.8 Å². The van der Waals surface area contributed by atoms with Crippen molar-refractivity contribution in [3.8, 4) is 11.1 Å². The molecular weight excluding hydrogens is 230 g/mol. The average Bonchev–Trinajstić information content (AvgIpc) is 2.38. The van der Waals surface area contributed by atoms with Gasteiger partial charge < -0.3 is 0 Å². The van der Waals surface area contributed by atoms with E-state index in [0.29, 0.717) is 5.92 Å². The van der Waals surface area contributed by atoms with Crippen LogP contribution in [0.2, 0.25) is 0 Å². The van der Waals surface area contributed by atoms with Crippen molar-refractivity contribution in [2.45, 2.75) is 46.0 Å². The molecule has 0 N–H and O–H groups in total. The highest BCUT2D eigenvalue weighted by atomic mass is 14.7. The summed E-state index contributed by atoms with van der Waals surface area (Å²) in [6.45, 7) is 11.1. The number of benzene rings is 1. The molecule has 0 unspecified atom stereocenters. The Labute approximate surface area is 116 Å². The fourth-order valence-electron chi connectivity index (χ4n) is 2.11. The molecule has 0 atom stereocenters. The van der Waals surface area contributed by atoms with E-state index in [-0.39, 0.29) is 5.41 Å². The van der Waals surface area contributed by atoms with Gasteiger partial charge >= 0.3 is 0 Å². The Bertz CT molecular complexity index is 545. The first-order valence-corrected chi connectivity index (χ1v) is 6.95. The van der Waals surface area contributed by atoms with Crippen molar-refractivity contribution in [2.24, 2.45) is 0 Å². The van der Waals surface area contributed by atoms with E-state index in [9.17, 15) is 0 Å². The smallest absolute Gasteiger partial charge is 0.0435 e. The number of hydrogen-bond donors (Lipinski definition) is 0. The summed E-state index contributed by atoms with van der Waals surface area (Å²) in [4.78, 5) is 4.42. The van der Waals surface area contributed by atoms with Gasteiger partial charge in [-0.05, 0) is 40.2 Å². The van der Waals surface area contributed by atoms with Gasteiger partial charge in [0.1, 0.15) is 0 Å². The topological polar surface area (TPSA) is 12.9 Å². The molecule has 1 heterocycles. The van der Waals surface area contributed by atoms with Crippen molar-refractivity contribution in [3.05, 3.63) is 53.9 Å². The fourth-order valence-corrected chi connectivity index (χ4v) is 2.11. The Balaban J connectivity index is 2.35. The van der Waals surface area contributed by atoms with E-state index in [0.717, 1.165) is 5.69 Å². The summed E-state index contributed by atoms with van der Waals surface area (Å²) < 4.78 is 0. The second-order valence-electron chi connectivity index (χ2n) is 6.45. The van der Waals surface area contributed by atoms with Gasteiger partial charge in [-0.2, -0.15) is 0 Å². The first-order valence-electron chi connectivity index (χ1n) is 6.95. The SMILES string of the molecule is CC(C)c1cc(-c2ccc(C(C)(C)C)cc2)ccn1. The van der Waals surface area contributed by atoms with Crippen LogP contribution in [0, 0.1) is 0 Å². The van der Waals surface area contributed by atoms with Crippen molar-refractivity contribution in [3.63, 3.8) is 0 Å². The third kappa shape index (κ3) is 3.23. The van der Waals surface area contributed by atoms with Crippen LogP contribution in [0.5, 0.6) is 0 Å². The van der Waals surface area contributed by atoms with E-state index in [1.54, 1.807) is 0 Å². The number of rotatable bonds is 2. The number of nitrogens with zero attached hydrogens (tertiary/aromatic N) is 1. The van der Waals surface area contributed by atoms with E-state index in [4.69, 9.17) is 0 Å². The molecule has 2 aromatic rings. The molecule has 0 aliphatic carbocycles. The maximum absolute atomic E-state index is 4.42. The van der Waals surface area contributed by atoms with Crippen molar-refractivity contribution in [2.75, 3.05) is 0 Å². The number of pyridine rings is 1. The lowest BCUT2D eigenvalue weighted by atomic mass is 9.86. The van der Waals surface area contributed by atoms with Crippen LogP contribution in [0.15, 0.2) is 42.6 Å². The molecule has 100 valence electrons. The molecule has 19 heavy (non-hydrogen) atoms. The molecule has 0 amide bonds. The highest BCUT2D eigenvalue weighted by Crippen LogP contribution is 2.27. The minimum Gasteiger partial charge on any atom is -0.261 e. The molecule has 0 spiro atoms. The zero-order chi connectivity index (χ0) is 14.0. The van der Waals surface area contributed by atoms with Gasteiger partial charge in [0, 0.05) is 11.9 Å². The molecular formula is C18H23N. The van der Waals surface area contributed by atoms with Gasteiger partial charge in [0.2, 0.25) is 0 Å². The van der Waals surface area contributed by atoms with Crippen molar-refractivity contribution in [1.82, 2.24) is 4.98 Å². The number of aromatic nitrogens is 1. The fraction of sp³-hybridized carbons (Fsp3) is 0.389. The second-order valence-corrected chi connectivity index (χ2v) is 6.45. The molecule has 0 bridgehead atoms.